The van der Waals surface area contributed by atoms with Gasteiger partial charge in [-0.15, -0.1) is 11.3 Å². The van der Waals surface area contributed by atoms with Gasteiger partial charge in [-0.25, -0.2) is 4.98 Å². The Labute approximate surface area is 145 Å². The Balaban J connectivity index is 1.69. The molecule has 0 spiro atoms. The third-order valence-corrected chi connectivity index (χ3v) is 5.68. The van der Waals surface area contributed by atoms with Gasteiger partial charge >= 0.3 is 0 Å². The van der Waals surface area contributed by atoms with Crippen LogP contribution in [0.1, 0.15) is 42.2 Å². The summed E-state index contributed by atoms with van der Waals surface area (Å²) in [5, 5.41) is 1.94. The van der Waals surface area contributed by atoms with Crippen molar-refractivity contribution in [2.24, 2.45) is 0 Å². The van der Waals surface area contributed by atoms with Crippen molar-refractivity contribution < 1.29 is 4.79 Å². The van der Waals surface area contributed by atoms with E-state index < -0.39 is 0 Å². The quantitative estimate of drug-likeness (QED) is 0.694. The van der Waals surface area contributed by atoms with Crippen LogP contribution < -0.4 is 0 Å². The van der Waals surface area contributed by atoms with Gasteiger partial charge in [0.2, 0.25) is 0 Å². The molecule has 124 valence electrons. The third-order valence-electron chi connectivity index (χ3n) is 4.84. The second-order valence-corrected chi connectivity index (χ2v) is 7.45. The van der Waals surface area contributed by atoms with E-state index in [0.717, 1.165) is 41.3 Å². The van der Waals surface area contributed by atoms with Gasteiger partial charge in [-0.1, -0.05) is 29.8 Å². The van der Waals surface area contributed by atoms with Crippen LogP contribution in [0.3, 0.4) is 0 Å². The first-order chi connectivity index (χ1) is 11.6. The minimum atomic E-state index is 0.126. The van der Waals surface area contributed by atoms with Crippen molar-refractivity contribution in [3.05, 3.63) is 47.1 Å². The molecule has 1 unspecified atom stereocenters. The van der Waals surface area contributed by atoms with E-state index in [-0.39, 0.29) is 5.91 Å². The highest BCUT2D eigenvalue weighted by Crippen LogP contribution is 2.26. The maximum atomic E-state index is 13.0. The number of benzene rings is 1. The monoisotopic (exact) mass is 339 g/mol. The largest absolute Gasteiger partial charge is 0.335 e. The van der Waals surface area contributed by atoms with Gasteiger partial charge in [0.05, 0.1) is 5.69 Å². The number of hydrogen-bond acceptors (Lipinski definition) is 3. The van der Waals surface area contributed by atoms with Gasteiger partial charge in [0.25, 0.3) is 5.91 Å². The first kappa shape index (κ1) is 15.4. The maximum absolute atomic E-state index is 13.0. The number of carbonyl (C=O) groups excluding carboxylic acids is 1. The summed E-state index contributed by atoms with van der Waals surface area (Å²) in [7, 11) is 0. The number of carbonyl (C=O) groups is 1. The Hall–Kier alpha value is -2.14. The highest BCUT2D eigenvalue weighted by Gasteiger charge is 2.26. The van der Waals surface area contributed by atoms with Gasteiger partial charge in [0.15, 0.2) is 4.96 Å². The zero-order valence-corrected chi connectivity index (χ0v) is 14.8. The van der Waals surface area contributed by atoms with Crippen molar-refractivity contribution in [2.45, 2.75) is 39.2 Å². The van der Waals surface area contributed by atoms with E-state index in [1.807, 2.05) is 20.9 Å². The second-order valence-electron chi connectivity index (χ2n) is 6.61. The number of hydrogen-bond donors (Lipinski definition) is 0. The smallest absolute Gasteiger partial charge is 0.271 e. The molecule has 4 nitrogen and oxygen atoms in total. The van der Waals surface area contributed by atoms with Crippen LogP contribution in [-0.2, 0) is 0 Å². The highest BCUT2D eigenvalue weighted by molar-refractivity contribution is 7.15. The zero-order valence-electron chi connectivity index (χ0n) is 14.0. The molecular formula is C19H21N3OS. The highest BCUT2D eigenvalue weighted by atomic mass is 32.1. The average molecular weight is 339 g/mol. The van der Waals surface area contributed by atoms with Gasteiger partial charge < -0.3 is 4.90 Å². The summed E-state index contributed by atoms with van der Waals surface area (Å²) in [6, 6.07) is 8.65. The summed E-state index contributed by atoms with van der Waals surface area (Å²) >= 11 is 1.53. The number of likely N-dealkylation sites (tertiary alicyclic amines) is 1. The summed E-state index contributed by atoms with van der Waals surface area (Å²) in [4.78, 5) is 20.5. The minimum Gasteiger partial charge on any atom is -0.335 e. The summed E-state index contributed by atoms with van der Waals surface area (Å²) in [5.41, 5.74) is 3.97. The fourth-order valence-corrected chi connectivity index (χ4v) is 4.20. The fraction of sp³-hybridized carbons (Fsp3) is 0.368. The molecule has 0 aliphatic carbocycles. The van der Waals surface area contributed by atoms with Crippen LogP contribution in [0.4, 0.5) is 0 Å². The molecule has 1 aliphatic rings. The van der Waals surface area contributed by atoms with E-state index in [0.29, 0.717) is 6.04 Å². The molecule has 1 saturated heterocycles. The standard InChI is InChI=1S/C19H21N3OS/c1-13-6-8-15(9-7-13)16-11-22-17(12-24-19(22)20-16)18(23)21-10-4-3-5-14(21)2/h6-9,11-12,14H,3-5,10H2,1-2H3. The van der Waals surface area contributed by atoms with Crippen molar-refractivity contribution in [2.75, 3.05) is 6.54 Å². The lowest BCUT2D eigenvalue weighted by Crippen LogP contribution is -2.42. The Bertz CT molecular complexity index is 878. The molecular weight excluding hydrogens is 318 g/mol. The molecule has 1 aromatic carbocycles. The predicted octanol–water partition coefficient (Wildman–Crippen LogP) is 4.39. The van der Waals surface area contributed by atoms with Gasteiger partial charge in [-0.2, -0.15) is 0 Å². The van der Waals surface area contributed by atoms with E-state index in [1.165, 1.54) is 23.3 Å². The van der Waals surface area contributed by atoms with E-state index in [4.69, 9.17) is 4.98 Å². The van der Waals surface area contributed by atoms with Crippen LogP contribution in [0.15, 0.2) is 35.8 Å². The van der Waals surface area contributed by atoms with Crippen LogP contribution in [0.25, 0.3) is 16.2 Å². The van der Waals surface area contributed by atoms with Crippen molar-refractivity contribution in [1.29, 1.82) is 0 Å². The van der Waals surface area contributed by atoms with Crippen LogP contribution in [0.5, 0.6) is 0 Å². The minimum absolute atomic E-state index is 0.126. The van der Waals surface area contributed by atoms with E-state index >= 15 is 0 Å². The molecule has 1 aliphatic heterocycles. The zero-order chi connectivity index (χ0) is 16.7. The lowest BCUT2D eigenvalue weighted by atomic mass is 10.0. The lowest BCUT2D eigenvalue weighted by molar-refractivity contribution is 0.0629. The SMILES string of the molecule is Cc1ccc(-c2cn3c(C(=O)N4CCCCC4C)csc3n2)cc1. The summed E-state index contributed by atoms with van der Waals surface area (Å²) in [6.45, 7) is 5.08. The normalized spacial score (nSPS) is 18.2. The van der Waals surface area contributed by atoms with E-state index in [2.05, 4.69) is 38.1 Å². The van der Waals surface area contributed by atoms with Gasteiger partial charge in [0.1, 0.15) is 5.69 Å². The van der Waals surface area contributed by atoms with Gasteiger partial charge in [-0.05, 0) is 33.1 Å². The molecule has 1 fully saturated rings. The van der Waals surface area contributed by atoms with Gasteiger partial charge in [0, 0.05) is 29.7 Å². The van der Waals surface area contributed by atoms with Crippen LogP contribution in [0.2, 0.25) is 0 Å². The number of amides is 1. The third kappa shape index (κ3) is 2.63. The first-order valence-electron chi connectivity index (χ1n) is 8.48. The fourth-order valence-electron chi connectivity index (χ4n) is 3.35. The van der Waals surface area contributed by atoms with Crippen LogP contribution >= 0.6 is 11.3 Å². The number of rotatable bonds is 2. The Morgan fingerprint density at radius 2 is 2.04 bits per heavy atom. The molecule has 1 atom stereocenters. The number of fused-ring (bicyclic) bond motifs is 1. The Morgan fingerprint density at radius 3 is 2.79 bits per heavy atom. The molecule has 2 aromatic heterocycles. The topological polar surface area (TPSA) is 37.6 Å². The van der Waals surface area contributed by atoms with Gasteiger partial charge in [-0.3, -0.25) is 9.20 Å². The molecule has 1 amide bonds. The first-order valence-corrected chi connectivity index (χ1v) is 9.36. The Kier molecular flexibility index (Phi) is 3.88. The Morgan fingerprint density at radius 1 is 1.25 bits per heavy atom. The number of imidazole rings is 1. The summed E-state index contributed by atoms with van der Waals surface area (Å²) < 4.78 is 1.95. The van der Waals surface area contributed by atoms with Crippen LogP contribution in [-0.4, -0.2) is 32.8 Å². The van der Waals surface area contributed by atoms with Crippen molar-refractivity contribution in [3.8, 4) is 11.3 Å². The number of aromatic nitrogens is 2. The molecule has 0 bridgehead atoms. The molecule has 24 heavy (non-hydrogen) atoms. The van der Waals surface area contributed by atoms with Crippen molar-refractivity contribution >= 4 is 22.2 Å². The molecule has 3 heterocycles. The van der Waals surface area contributed by atoms with E-state index in [9.17, 15) is 4.79 Å². The predicted molar refractivity (Wildman–Crippen MR) is 97.6 cm³/mol. The summed E-state index contributed by atoms with van der Waals surface area (Å²) in [6.07, 6.45) is 5.39. The number of nitrogens with zero attached hydrogens (tertiary/aromatic N) is 3. The second kappa shape index (κ2) is 6.06. The summed E-state index contributed by atoms with van der Waals surface area (Å²) in [5.74, 6) is 0.126. The lowest BCUT2D eigenvalue weighted by Gasteiger charge is -2.33. The number of thiazole rings is 1. The van der Waals surface area contributed by atoms with Crippen molar-refractivity contribution in [1.82, 2.24) is 14.3 Å². The molecule has 0 N–H and O–H groups in total. The van der Waals surface area contributed by atoms with Crippen LogP contribution in [0, 0.1) is 6.92 Å². The van der Waals surface area contributed by atoms with E-state index in [1.54, 1.807) is 0 Å². The number of aryl methyl sites for hydroxylation is 1. The number of piperidine rings is 1. The molecule has 5 heteroatoms. The molecule has 4 rings (SSSR count). The molecule has 0 radical (unpaired) electrons. The molecule has 3 aromatic rings. The average Bonchev–Trinajstić information content (AvgIpc) is 3.16. The van der Waals surface area contributed by atoms with Crippen molar-refractivity contribution in [3.63, 3.8) is 0 Å². The molecule has 0 saturated carbocycles. The maximum Gasteiger partial charge on any atom is 0.271 e.